The molecule has 0 amide bonds. The van der Waals surface area contributed by atoms with Gasteiger partial charge in [-0.15, -0.1) is 5.10 Å². The topological polar surface area (TPSA) is 63.1 Å². The summed E-state index contributed by atoms with van der Waals surface area (Å²) in [4.78, 5) is 3.69. The zero-order chi connectivity index (χ0) is 8.53. The Bertz CT molecular complexity index is 200. The van der Waals surface area contributed by atoms with Crippen molar-refractivity contribution in [2.75, 3.05) is 0 Å². The standard InChI is InChI=1S/C7H12N4/c1-3-5-6-10-11-7(8)9-4-2/h3-6H,1-2H3,(H2,8,11)/b5-3-,9-4-,10-6-. The van der Waals surface area contributed by atoms with E-state index < -0.39 is 0 Å². The molecule has 0 fully saturated rings. The molecule has 0 atom stereocenters. The number of rotatable bonds is 2. The molecule has 0 aliphatic carbocycles. The maximum absolute atomic E-state index is 5.28. The molecule has 4 heteroatoms. The average molecular weight is 152 g/mol. The van der Waals surface area contributed by atoms with Gasteiger partial charge in [-0.05, 0) is 19.9 Å². The van der Waals surface area contributed by atoms with Crippen LogP contribution >= 0.6 is 0 Å². The molecule has 0 aliphatic heterocycles. The fraction of sp³-hybridized carbons (Fsp3) is 0.286. The fourth-order valence-corrected chi connectivity index (χ4v) is 0.375. The Kier molecular flexibility index (Phi) is 5.79. The van der Waals surface area contributed by atoms with E-state index in [1.807, 2.05) is 13.0 Å². The van der Waals surface area contributed by atoms with Crippen molar-refractivity contribution in [2.24, 2.45) is 20.9 Å². The van der Waals surface area contributed by atoms with E-state index in [0.29, 0.717) is 0 Å². The van der Waals surface area contributed by atoms with Gasteiger partial charge in [0.1, 0.15) is 0 Å². The van der Waals surface area contributed by atoms with Crippen LogP contribution in [-0.2, 0) is 0 Å². The van der Waals surface area contributed by atoms with Crippen LogP contribution in [0, 0.1) is 0 Å². The summed E-state index contributed by atoms with van der Waals surface area (Å²) in [6.45, 7) is 3.65. The lowest BCUT2D eigenvalue weighted by Gasteiger charge is -1.83. The van der Waals surface area contributed by atoms with E-state index in [1.54, 1.807) is 19.2 Å². The SMILES string of the molecule is C\C=C/C=N\N=C(N)/N=C\C. The number of allylic oxidation sites excluding steroid dienone is 2. The van der Waals surface area contributed by atoms with Crippen molar-refractivity contribution >= 4 is 18.4 Å². The molecule has 0 saturated heterocycles. The Morgan fingerprint density at radius 3 is 2.64 bits per heavy atom. The van der Waals surface area contributed by atoms with E-state index in [0.717, 1.165) is 0 Å². The van der Waals surface area contributed by atoms with Gasteiger partial charge in [-0.1, -0.05) is 6.08 Å². The lowest BCUT2D eigenvalue weighted by atomic mass is 10.6. The van der Waals surface area contributed by atoms with Crippen molar-refractivity contribution in [3.63, 3.8) is 0 Å². The number of guanidine groups is 1. The first-order valence-electron chi connectivity index (χ1n) is 3.27. The predicted molar refractivity (Wildman–Crippen MR) is 49.1 cm³/mol. The molecule has 2 N–H and O–H groups in total. The van der Waals surface area contributed by atoms with Gasteiger partial charge in [0.2, 0.25) is 5.96 Å². The highest BCUT2D eigenvalue weighted by Crippen LogP contribution is 1.74. The van der Waals surface area contributed by atoms with Gasteiger partial charge in [-0.2, -0.15) is 5.10 Å². The summed E-state index contributed by atoms with van der Waals surface area (Å²) < 4.78 is 0. The average Bonchev–Trinajstić information content (AvgIpc) is 1.99. The van der Waals surface area contributed by atoms with Crippen LogP contribution in [-0.4, -0.2) is 18.4 Å². The fourth-order valence-electron chi connectivity index (χ4n) is 0.375. The van der Waals surface area contributed by atoms with Gasteiger partial charge in [0.05, 0.1) is 0 Å². The smallest absolute Gasteiger partial charge is 0.239 e. The maximum Gasteiger partial charge on any atom is 0.239 e. The first-order valence-corrected chi connectivity index (χ1v) is 3.27. The summed E-state index contributed by atoms with van der Waals surface area (Å²) in [5.41, 5.74) is 5.28. The van der Waals surface area contributed by atoms with Gasteiger partial charge in [0, 0.05) is 12.4 Å². The number of nitrogens with zero attached hydrogens (tertiary/aromatic N) is 3. The molecule has 11 heavy (non-hydrogen) atoms. The molecule has 4 nitrogen and oxygen atoms in total. The summed E-state index contributed by atoms with van der Waals surface area (Å²) in [5, 5.41) is 7.18. The van der Waals surface area contributed by atoms with Crippen molar-refractivity contribution in [1.29, 1.82) is 0 Å². The van der Waals surface area contributed by atoms with Crippen LogP contribution in [0.25, 0.3) is 0 Å². The molecule has 0 aromatic carbocycles. The van der Waals surface area contributed by atoms with Gasteiger partial charge in [-0.25, -0.2) is 4.99 Å². The van der Waals surface area contributed by atoms with Crippen LogP contribution in [0.4, 0.5) is 0 Å². The van der Waals surface area contributed by atoms with Crippen LogP contribution in [0.5, 0.6) is 0 Å². The minimum atomic E-state index is 0.160. The molecule has 0 rings (SSSR count). The lowest BCUT2D eigenvalue weighted by molar-refractivity contribution is 1.22. The zero-order valence-corrected chi connectivity index (χ0v) is 6.73. The summed E-state index contributed by atoms with van der Waals surface area (Å²) in [6.07, 6.45) is 6.70. The Morgan fingerprint density at radius 2 is 2.09 bits per heavy atom. The van der Waals surface area contributed by atoms with Gasteiger partial charge >= 0.3 is 0 Å². The second kappa shape index (κ2) is 6.67. The number of hydrogen-bond acceptors (Lipinski definition) is 2. The van der Waals surface area contributed by atoms with Crippen molar-refractivity contribution in [3.8, 4) is 0 Å². The molecule has 0 aromatic heterocycles. The van der Waals surface area contributed by atoms with Crippen LogP contribution in [0.3, 0.4) is 0 Å². The maximum atomic E-state index is 5.28. The van der Waals surface area contributed by atoms with Crippen LogP contribution in [0.1, 0.15) is 13.8 Å². The van der Waals surface area contributed by atoms with Crippen molar-refractivity contribution in [2.45, 2.75) is 13.8 Å². The van der Waals surface area contributed by atoms with Crippen LogP contribution < -0.4 is 5.73 Å². The minimum absolute atomic E-state index is 0.160. The molecular weight excluding hydrogens is 140 g/mol. The van der Waals surface area contributed by atoms with Crippen molar-refractivity contribution in [1.82, 2.24) is 0 Å². The van der Waals surface area contributed by atoms with Crippen LogP contribution in [0.2, 0.25) is 0 Å². The summed E-state index contributed by atoms with van der Waals surface area (Å²) in [6, 6.07) is 0. The molecule has 0 heterocycles. The molecule has 0 radical (unpaired) electrons. The predicted octanol–water partition coefficient (Wildman–Crippen LogP) is 0.954. The zero-order valence-electron chi connectivity index (χ0n) is 6.73. The largest absolute Gasteiger partial charge is 0.366 e. The van der Waals surface area contributed by atoms with Gasteiger partial charge in [-0.3, -0.25) is 0 Å². The molecular formula is C7H12N4. The van der Waals surface area contributed by atoms with Crippen LogP contribution in [0.15, 0.2) is 27.3 Å². The van der Waals surface area contributed by atoms with Gasteiger partial charge < -0.3 is 5.73 Å². The molecule has 0 aliphatic rings. The van der Waals surface area contributed by atoms with E-state index in [1.165, 1.54) is 6.21 Å². The molecule has 0 saturated carbocycles. The molecule has 0 spiro atoms. The first-order chi connectivity index (χ1) is 5.31. The Labute approximate surface area is 66.2 Å². The van der Waals surface area contributed by atoms with Crippen molar-refractivity contribution < 1.29 is 0 Å². The Morgan fingerprint density at radius 1 is 1.36 bits per heavy atom. The second-order valence-corrected chi connectivity index (χ2v) is 1.64. The summed E-state index contributed by atoms with van der Waals surface area (Å²) in [7, 11) is 0. The molecule has 0 aromatic rings. The second-order valence-electron chi connectivity index (χ2n) is 1.64. The third-order valence-corrected chi connectivity index (χ3v) is 0.767. The van der Waals surface area contributed by atoms with E-state index in [9.17, 15) is 0 Å². The monoisotopic (exact) mass is 152 g/mol. The van der Waals surface area contributed by atoms with E-state index >= 15 is 0 Å². The number of hydrogen-bond donors (Lipinski definition) is 1. The highest BCUT2D eigenvalue weighted by atomic mass is 15.3. The molecule has 0 bridgehead atoms. The third-order valence-electron chi connectivity index (χ3n) is 0.767. The van der Waals surface area contributed by atoms with Gasteiger partial charge in [0.15, 0.2) is 0 Å². The first kappa shape index (κ1) is 9.55. The lowest BCUT2D eigenvalue weighted by Crippen LogP contribution is -2.06. The third kappa shape index (κ3) is 6.44. The highest BCUT2D eigenvalue weighted by molar-refractivity contribution is 5.86. The molecule has 0 unspecified atom stereocenters. The van der Waals surface area contributed by atoms with E-state index in [-0.39, 0.29) is 5.96 Å². The highest BCUT2D eigenvalue weighted by Gasteiger charge is 1.77. The van der Waals surface area contributed by atoms with Gasteiger partial charge in [0.25, 0.3) is 0 Å². The normalized spacial score (nSPS) is 14.2. The van der Waals surface area contributed by atoms with Crippen molar-refractivity contribution in [3.05, 3.63) is 12.2 Å². The Balaban J connectivity index is 3.90. The molecule has 60 valence electrons. The van der Waals surface area contributed by atoms with E-state index in [2.05, 4.69) is 15.2 Å². The minimum Gasteiger partial charge on any atom is -0.366 e. The summed E-state index contributed by atoms with van der Waals surface area (Å²) >= 11 is 0. The number of aliphatic imine (C=N–C) groups is 1. The Hall–Kier alpha value is -1.45. The van der Waals surface area contributed by atoms with E-state index in [4.69, 9.17) is 5.73 Å². The quantitative estimate of drug-likeness (QED) is 0.357. The number of nitrogens with two attached hydrogens (primary N) is 1. The summed E-state index contributed by atoms with van der Waals surface area (Å²) in [5.74, 6) is 0.160.